The summed E-state index contributed by atoms with van der Waals surface area (Å²) in [6.07, 6.45) is -5.58. The molecule has 138 valence electrons. The summed E-state index contributed by atoms with van der Waals surface area (Å²) in [5, 5.41) is 0. The van der Waals surface area contributed by atoms with Crippen molar-refractivity contribution in [1.29, 1.82) is 0 Å². The Morgan fingerprint density at radius 1 is 0.826 bits per heavy atom. The molecule has 0 aromatic carbocycles. The molecule has 0 rings (SSSR count). The minimum atomic E-state index is -7.65. The highest BCUT2D eigenvalue weighted by molar-refractivity contribution is 6.61. The van der Waals surface area contributed by atoms with Gasteiger partial charge < -0.3 is 4.74 Å². The van der Waals surface area contributed by atoms with Gasteiger partial charge in [-0.25, -0.2) is 13.6 Å². The molecule has 0 amide bonds. The van der Waals surface area contributed by atoms with Gasteiger partial charge in [-0.05, 0) is 0 Å². The topological polar surface area (TPSA) is 26.3 Å². The third-order valence-electron chi connectivity index (χ3n) is 2.31. The zero-order chi connectivity index (χ0) is 19.1. The Morgan fingerprint density at radius 2 is 1.22 bits per heavy atom. The van der Waals surface area contributed by atoms with Gasteiger partial charge in [0, 0.05) is 11.6 Å². The molecular formula is C8H3ClF12O2. The van der Waals surface area contributed by atoms with Crippen molar-refractivity contribution in [3.63, 3.8) is 0 Å². The van der Waals surface area contributed by atoms with Gasteiger partial charge in [0.05, 0.1) is 0 Å². The first-order chi connectivity index (χ1) is 9.86. The molecule has 0 N–H and O–H groups in total. The number of ether oxygens (including phenoxy) is 1. The van der Waals surface area contributed by atoms with Crippen molar-refractivity contribution in [2.24, 2.45) is 0 Å². The minimum absolute atomic E-state index is 2.24. The maximum absolute atomic E-state index is 12.9. The Kier molecular flexibility index (Phi) is 5.80. The zero-order valence-electron chi connectivity index (χ0n) is 10.0. The average molecular weight is 395 g/mol. The highest BCUT2D eigenvalue weighted by atomic mass is 35.5. The number of hydrogen-bond acceptors (Lipinski definition) is 2. The van der Waals surface area contributed by atoms with Crippen LogP contribution in [0.1, 0.15) is 0 Å². The normalized spacial score (nSPS) is 15.0. The molecule has 0 aromatic heterocycles. The quantitative estimate of drug-likeness (QED) is 0.458. The first-order valence-corrected chi connectivity index (χ1v) is 5.23. The Hall–Kier alpha value is -1.08. The van der Waals surface area contributed by atoms with E-state index in [2.05, 4.69) is 16.3 Å². The summed E-state index contributed by atoms with van der Waals surface area (Å²) in [5.41, 5.74) is -2.24. The second-order valence-corrected chi connectivity index (χ2v) is 4.19. The summed E-state index contributed by atoms with van der Waals surface area (Å²) >= 11 is 4.26. The molecule has 0 bridgehead atoms. The van der Waals surface area contributed by atoms with Gasteiger partial charge in [0.25, 0.3) is 0 Å². The van der Waals surface area contributed by atoms with Crippen LogP contribution >= 0.6 is 11.6 Å². The van der Waals surface area contributed by atoms with Crippen LogP contribution in [0.4, 0.5) is 57.5 Å². The largest absolute Gasteiger partial charge is 0.447 e. The lowest BCUT2D eigenvalue weighted by atomic mass is 9.95. The Morgan fingerprint density at radius 3 is 1.52 bits per heavy atom. The standard InChI is InChI=1S/C8H3ClF12O2/c9-3(22)23-1-4(12,13)6(16,17)8(20,21)7(18,19)5(14,15)2(10)11/h2H,1H2. The lowest BCUT2D eigenvalue weighted by molar-refractivity contribution is -0.414. The van der Waals surface area contributed by atoms with Gasteiger partial charge in [0.2, 0.25) is 0 Å². The molecule has 2 nitrogen and oxygen atoms in total. The van der Waals surface area contributed by atoms with Crippen LogP contribution in [0, 0.1) is 0 Å². The summed E-state index contributed by atoms with van der Waals surface area (Å²) in [5.74, 6) is -36.0. The number of carbonyl (C=O) groups excluding carboxylic acids is 1. The number of halogens is 13. The molecule has 0 aliphatic carbocycles. The third-order valence-corrected chi connectivity index (χ3v) is 2.42. The number of carbonyl (C=O) groups is 1. The first kappa shape index (κ1) is 21.9. The van der Waals surface area contributed by atoms with Crippen molar-refractivity contribution in [3.05, 3.63) is 0 Å². The van der Waals surface area contributed by atoms with E-state index in [0.717, 1.165) is 0 Å². The highest BCUT2D eigenvalue weighted by Crippen LogP contribution is 2.58. The van der Waals surface area contributed by atoms with Crippen LogP contribution in [0.25, 0.3) is 0 Å². The van der Waals surface area contributed by atoms with E-state index in [4.69, 9.17) is 0 Å². The lowest BCUT2D eigenvalue weighted by Crippen LogP contribution is -2.69. The summed E-state index contributed by atoms with van der Waals surface area (Å²) < 4.78 is 154. The van der Waals surface area contributed by atoms with E-state index in [-0.39, 0.29) is 0 Å². The highest BCUT2D eigenvalue weighted by Gasteiger charge is 2.87. The lowest BCUT2D eigenvalue weighted by Gasteiger charge is -2.38. The Labute approximate surface area is 123 Å². The van der Waals surface area contributed by atoms with Gasteiger partial charge in [-0.15, -0.1) is 0 Å². The minimum Gasteiger partial charge on any atom is -0.447 e. The SMILES string of the molecule is O=C(Cl)OCC(F)(F)C(F)(F)C(F)(F)C(F)(F)C(F)(F)C(F)F. The van der Waals surface area contributed by atoms with Gasteiger partial charge in [-0.1, -0.05) is 0 Å². The van der Waals surface area contributed by atoms with Crippen molar-refractivity contribution in [1.82, 2.24) is 0 Å². The predicted molar refractivity (Wildman–Crippen MR) is 47.9 cm³/mol. The molecule has 0 aliphatic heterocycles. The van der Waals surface area contributed by atoms with Gasteiger partial charge in [0.15, 0.2) is 6.61 Å². The molecule has 0 spiro atoms. The molecule has 0 fully saturated rings. The second-order valence-electron chi connectivity index (χ2n) is 3.88. The van der Waals surface area contributed by atoms with Gasteiger partial charge in [0.1, 0.15) is 0 Å². The van der Waals surface area contributed by atoms with Gasteiger partial charge >= 0.3 is 41.5 Å². The molecule has 0 unspecified atom stereocenters. The monoisotopic (exact) mass is 394 g/mol. The maximum Gasteiger partial charge on any atom is 0.403 e. The number of hydrogen-bond donors (Lipinski definition) is 0. The van der Waals surface area contributed by atoms with Crippen molar-refractivity contribution in [3.8, 4) is 0 Å². The van der Waals surface area contributed by atoms with E-state index in [1.165, 1.54) is 0 Å². The van der Waals surface area contributed by atoms with E-state index in [9.17, 15) is 57.5 Å². The van der Waals surface area contributed by atoms with E-state index >= 15 is 0 Å². The predicted octanol–water partition coefficient (Wildman–Crippen LogP) is 4.80. The fourth-order valence-electron chi connectivity index (χ4n) is 1.01. The van der Waals surface area contributed by atoms with E-state index < -0.39 is 48.1 Å². The summed E-state index contributed by atoms with van der Waals surface area (Å²) in [6.45, 7) is -3.01. The molecule has 0 saturated heterocycles. The van der Waals surface area contributed by atoms with Crippen molar-refractivity contribution < 1.29 is 62.2 Å². The molecule has 0 heterocycles. The molecule has 0 saturated carbocycles. The smallest absolute Gasteiger partial charge is 0.403 e. The van der Waals surface area contributed by atoms with Crippen LogP contribution in [0.3, 0.4) is 0 Å². The number of rotatable bonds is 7. The first-order valence-electron chi connectivity index (χ1n) is 4.85. The molecule has 0 atom stereocenters. The van der Waals surface area contributed by atoms with Gasteiger partial charge in [-0.3, -0.25) is 0 Å². The van der Waals surface area contributed by atoms with Crippen LogP contribution in [0.2, 0.25) is 0 Å². The second kappa shape index (κ2) is 6.09. The number of alkyl halides is 12. The molecule has 23 heavy (non-hydrogen) atoms. The summed E-state index contributed by atoms with van der Waals surface area (Å²) in [7, 11) is 0. The van der Waals surface area contributed by atoms with E-state index in [0.29, 0.717) is 0 Å². The molecular weight excluding hydrogens is 392 g/mol. The van der Waals surface area contributed by atoms with Crippen molar-refractivity contribution >= 4 is 17.0 Å². The summed E-state index contributed by atoms with van der Waals surface area (Å²) in [4.78, 5) is 9.92. The van der Waals surface area contributed by atoms with Crippen LogP contribution in [-0.4, -0.2) is 48.1 Å². The average Bonchev–Trinajstić information content (AvgIpc) is 2.35. The summed E-state index contributed by atoms with van der Waals surface area (Å²) in [6, 6.07) is 0. The third kappa shape index (κ3) is 3.40. The van der Waals surface area contributed by atoms with E-state index in [1.807, 2.05) is 0 Å². The maximum atomic E-state index is 12.9. The molecule has 15 heteroatoms. The van der Waals surface area contributed by atoms with Gasteiger partial charge in [-0.2, -0.15) is 43.9 Å². The van der Waals surface area contributed by atoms with Crippen molar-refractivity contribution in [2.75, 3.05) is 6.61 Å². The fraction of sp³-hybridized carbons (Fsp3) is 0.875. The fourth-order valence-corrected chi connectivity index (χ4v) is 1.07. The van der Waals surface area contributed by atoms with Crippen LogP contribution < -0.4 is 0 Å². The van der Waals surface area contributed by atoms with Crippen LogP contribution in [0.15, 0.2) is 0 Å². The molecule has 0 aliphatic rings. The van der Waals surface area contributed by atoms with E-state index in [1.54, 1.807) is 0 Å². The van der Waals surface area contributed by atoms with Crippen molar-refractivity contribution in [2.45, 2.75) is 36.0 Å². The van der Waals surface area contributed by atoms with Crippen LogP contribution in [0.5, 0.6) is 0 Å². The Balaban J connectivity index is 5.91. The zero-order valence-corrected chi connectivity index (χ0v) is 10.8. The molecule has 0 aromatic rings. The van der Waals surface area contributed by atoms with Crippen LogP contribution in [-0.2, 0) is 4.74 Å². The Bertz CT molecular complexity index is 448. The molecule has 0 radical (unpaired) electrons.